The van der Waals surface area contributed by atoms with Crippen LogP contribution in [0.5, 0.6) is 0 Å². The zero-order chi connectivity index (χ0) is 32.3. The van der Waals surface area contributed by atoms with E-state index in [0.717, 1.165) is 47.9 Å². The molecule has 1 atom stereocenters. The molecule has 4 aromatic rings. The molecule has 0 saturated heterocycles. The van der Waals surface area contributed by atoms with Crippen molar-refractivity contribution in [1.82, 2.24) is 19.8 Å². The van der Waals surface area contributed by atoms with Crippen LogP contribution in [0, 0.1) is 18.8 Å². The van der Waals surface area contributed by atoms with Gasteiger partial charge in [-0.05, 0) is 97.7 Å². The SMILES string of the molecule is Cc1ccc(S(=O)(=O)N(C)C)cc1-c1cccc(C[C@H](NC(=O)[C@H]2CC[C@H](CN)CC2)C(=O)Nc2ccc3c(=O)[nH][nH]c3c2)c1.Cl. The molecular weight excluding hydrogens is 628 g/mol. The molecule has 3 aromatic carbocycles. The first-order chi connectivity index (χ1) is 21.5. The van der Waals surface area contributed by atoms with E-state index < -0.39 is 22.0 Å². The number of carbonyl (C=O) groups is 2. The molecule has 1 aliphatic carbocycles. The summed E-state index contributed by atoms with van der Waals surface area (Å²) >= 11 is 0. The third-order valence-corrected chi connectivity index (χ3v) is 10.5. The zero-order valence-electron chi connectivity index (χ0n) is 26.1. The van der Waals surface area contributed by atoms with Gasteiger partial charge in [0.2, 0.25) is 21.8 Å². The number of nitrogens with two attached hydrogens (primary N) is 1. The number of nitrogens with one attached hydrogen (secondary N) is 4. The number of aromatic amines is 2. The highest BCUT2D eigenvalue weighted by atomic mass is 35.5. The summed E-state index contributed by atoms with van der Waals surface area (Å²) in [5.41, 5.74) is 9.88. The van der Waals surface area contributed by atoms with Crippen molar-refractivity contribution in [2.75, 3.05) is 26.0 Å². The van der Waals surface area contributed by atoms with Crippen molar-refractivity contribution in [3.63, 3.8) is 0 Å². The fourth-order valence-corrected chi connectivity index (χ4v) is 6.82. The van der Waals surface area contributed by atoms with Crippen molar-refractivity contribution in [2.45, 2.75) is 50.0 Å². The Morgan fingerprint density at radius 2 is 1.74 bits per heavy atom. The van der Waals surface area contributed by atoms with Gasteiger partial charge in [0, 0.05) is 32.1 Å². The second-order valence-electron chi connectivity index (χ2n) is 12.0. The topological polar surface area (TPSA) is 170 Å². The fourth-order valence-electron chi connectivity index (χ4n) is 5.89. The molecule has 2 amide bonds. The van der Waals surface area contributed by atoms with Gasteiger partial charge in [0.25, 0.3) is 5.56 Å². The van der Waals surface area contributed by atoms with Crippen LogP contribution in [-0.2, 0) is 26.0 Å². The van der Waals surface area contributed by atoms with E-state index in [9.17, 15) is 22.8 Å². The second kappa shape index (κ2) is 14.6. The largest absolute Gasteiger partial charge is 0.344 e. The molecule has 1 saturated carbocycles. The Morgan fingerprint density at radius 3 is 2.43 bits per heavy atom. The van der Waals surface area contributed by atoms with Gasteiger partial charge in [-0.25, -0.2) is 12.7 Å². The molecule has 0 aliphatic heterocycles. The summed E-state index contributed by atoms with van der Waals surface area (Å²) in [6.07, 6.45) is 3.41. The summed E-state index contributed by atoms with van der Waals surface area (Å²) in [4.78, 5) is 39.2. The van der Waals surface area contributed by atoms with Gasteiger partial charge >= 0.3 is 0 Å². The van der Waals surface area contributed by atoms with Crippen LogP contribution in [0.2, 0.25) is 0 Å². The Bertz CT molecular complexity index is 1880. The number of halogens is 1. The molecule has 1 aliphatic rings. The minimum atomic E-state index is -3.63. The normalized spacial score (nSPS) is 17.3. The minimum absolute atomic E-state index is 0. The van der Waals surface area contributed by atoms with Gasteiger partial charge in [0.15, 0.2) is 0 Å². The quantitative estimate of drug-likeness (QED) is 0.171. The lowest BCUT2D eigenvalue weighted by Gasteiger charge is -2.28. The van der Waals surface area contributed by atoms with E-state index in [4.69, 9.17) is 5.73 Å². The molecule has 13 heteroatoms. The number of aryl methyl sites for hydroxylation is 1. The standard InChI is InChI=1S/C33H40N6O5S.ClH/c1-20-7-13-26(45(43,44)39(2)3)18-28(20)24-6-4-5-22(15-24)16-30(36-31(40)23-10-8-21(19-34)9-11-23)33(42)35-25-12-14-27-29(17-25)37-38-32(27)41;/h4-7,12-15,17-18,21,23,30H,8-11,16,19,34H2,1-3H3,(H,35,42)(H,36,40)(H2,37,38,41);1H/t21-,23-,30-;/m0./s1. The van der Waals surface area contributed by atoms with E-state index >= 15 is 0 Å². The summed E-state index contributed by atoms with van der Waals surface area (Å²) in [5, 5.41) is 11.7. The predicted octanol–water partition coefficient (Wildman–Crippen LogP) is 3.93. The van der Waals surface area contributed by atoms with Crippen LogP contribution >= 0.6 is 12.4 Å². The van der Waals surface area contributed by atoms with E-state index in [-0.39, 0.29) is 41.1 Å². The van der Waals surface area contributed by atoms with E-state index in [1.165, 1.54) is 18.4 Å². The summed E-state index contributed by atoms with van der Waals surface area (Å²) in [6, 6.07) is 16.6. The Kier molecular flexibility index (Phi) is 11.1. The number of anilines is 1. The third-order valence-electron chi connectivity index (χ3n) is 8.69. The minimum Gasteiger partial charge on any atom is -0.344 e. The highest BCUT2D eigenvalue weighted by Gasteiger charge is 2.29. The molecular formula is C33H41ClN6O5S. The van der Waals surface area contributed by atoms with Gasteiger partial charge in [0.1, 0.15) is 6.04 Å². The van der Waals surface area contributed by atoms with Crippen molar-refractivity contribution in [3.8, 4) is 11.1 Å². The monoisotopic (exact) mass is 668 g/mol. The highest BCUT2D eigenvalue weighted by molar-refractivity contribution is 7.89. The van der Waals surface area contributed by atoms with Gasteiger partial charge in [0.05, 0.1) is 15.8 Å². The van der Waals surface area contributed by atoms with E-state index in [0.29, 0.717) is 29.1 Å². The molecule has 46 heavy (non-hydrogen) atoms. The highest BCUT2D eigenvalue weighted by Crippen LogP contribution is 2.30. The molecule has 1 aromatic heterocycles. The molecule has 0 bridgehead atoms. The molecule has 11 nitrogen and oxygen atoms in total. The van der Waals surface area contributed by atoms with Crippen LogP contribution < -0.4 is 21.9 Å². The predicted molar refractivity (Wildman–Crippen MR) is 182 cm³/mol. The first-order valence-corrected chi connectivity index (χ1v) is 16.5. The maximum Gasteiger partial charge on any atom is 0.271 e. The maximum atomic E-state index is 13.7. The van der Waals surface area contributed by atoms with Crippen molar-refractivity contribution in [3.05, 3.63) is 82.1 Å². The van der Waals surface area contributed by atoms with Crippen molar-refractivity contribution >= 4 is 50.8 Å². The Hall–Kier alpha value is -3.97. The second-order valence-corrected chi connectivity index (χ2v) is 14.2. The van der Waals surface area contributed by atoms with Crippen molar-refractivity contribution < 1.29 is 18.0 Å². The molecule has 0 spiro atoms. The summed E-state index contributed by atoms with van der Waals surface area (Å²) < 4.78 is 26.8. The van der Waals surface area contributed by atoms with Gasteiger partial charge < -0.3 is 16.4 Å². The van der Waals surface area contributed by atoms with E-state index in [2.05, 4.69) is 20.8 Å². The number of hydrogen-bond acceptors (Lipinski definition) is 6. The fraction of sp³-hybridized carbons (Fsp3) is 0.364. The number of aromatic nitrogens is 2. The van der Waals surface area contributed by atoms with E-state index in [1.54, 1.807) is 36.4 Å². The van der Waals surface area contributed by atoms with E-state index in [1.807, 2.05) is 31.2 Å². The molecule has 0 unspecified atom stereocenters. The number of amides is 2. The number of rotatable bonds is 10. The molecule has 1 fully saturated rings. The number of sulfonamides is 1. The zero-order valence-corrected chi connectivity index (χ0v) is 27.8. The lowest BCUT2D eigenvalue weighted by atomic mass is 9.81. The van der Waals surface area contributed by atoms with Gasteiger partial charge in [-0.1, -0.05) is 30.3 Å². The molecule has 5 rings (SSSR count). The number of benzene rings is 3. The number of carbonyl (C=O) groups excluding carboxylic acids is 2. The Balaban J connectivity index is 0.00000480. The molecule has 0 radical (unpaired) electrons. The van der Waals surface area contributed by atoms with Crippen LogP contribution in [0.25, 0.3) is 22.0 Å². The third kappa shape index (κ3) is 7.69. The summed E-state index contributed by atoms with van der Waals surface area (Å²) in [5.74, 6) is -0.332. The Labute approximate surface area is 274 Å². The summed E-state index contributed by atoms with van der Waals surface area (Å²) in [7, 11) is -0.643. The summed E-state index contributed by atoms with van der Waals surface area (Å²) in [6.45, 7) is 2.52. The number of H-pyrrole nitrogens is 2. The molecule has 246 valence electrons. The first-order valence-electron chi connectivity index (χ1n) is 15.1. The van der Waals surface area contributed by atoms with Gasteiger partial charge in [-0.2, -0.15) is 0 Å². The van der Waals surface area contributed by atoms with Gasteiger partial charge in [-0.15, -0.1) is 12.4 Å². The molecule has 1 heterocycles. The van der Waals surface area contributed by atoms with Crippen LogP contribution in [0.4, 0.5) is 5.69 Å². The van der Waals surface area contributed by atoms with Crippen molar-refractivity contribution in [2.24, 2.45) is 17.6 Å². The number of nitrogens with zero attached hydrogens (tertiary/aromatic N) is 1. The smallest absolute Gasteiger partial charge is 0.271 e. The molecule has 6 N–H and O–H groups in total. The van der Waals surface area contributed by atoms with Crippen LogP contribution in [-0.4, -0.2) is 61.4 Å². The van der Waals surface area contributed by atoms with Crippen LogP contribution in [0.15, 0.2) is 70.4 Å². The average Bonchev–Trinajstić information content (AvgIpc) is 3.40. The number of fused-ring (bicyclic) bond motifs is 1. The van der Waals surface area contributed by atoms with Crippen molar-refractivity contribution in [1.29, 1.82) is 0 Å². The maximum absolute atomic E-state index is 13.7. The van der Waals surface area contributed by atoms with Crippen LogP contribution in [0.1, 0.15) is 36.8 Å². The van der Waals surface area contributed by atoms with Crippen LogP contribution in [0.3, 0.4) is 0 Å². The average molecular weight is 669 g/mol. The first kappa shape index (κ1) is 34.9. The van der Waals surface area contributed by atoms with Gasteiger partial charge in [-0.3, -0.25) is 24.6 Å². The Morgan fingerprint density at radius 1 is 1.00 bits per heavy atom. The lowest BCUT2D eigenvalue weighted by Crippen LogP contribution is -2.48. The number of hydrogen-bond donors (Lipinski definition) is 5. The lowest BCUT2D eigenvalue weighted by molar-refractivity contribution is -0.130.